The van der Waals surface area contributed by atoms with E-state index in [4.69, 9.17) is 15.4 Å². The monoisotopic (exact) mass is 235 g/mol. The van der Waals surface area contributed by atoms with Gasteiger partial charge in [0.05, 0.1) is 0 Å². The van der Waals surface area contributed by atoms with Crippen molar-refractivity contribution in [3.8, 4) is 0 Å². The second-order valence-electron chi connectivity index (χ2n) is 1.69. The second kappa shape index (κ2) is 9.84. The van der Waals surface area contributed by atoms with Gasteiger partial charge in [0.1, 0.15) is 11.8 Å². The number of carbonyl (C=O) groups is 1. The van der Waals surface area contributed by atoms with E-state index in [2.05, 4.69) is 0 Å². The Morgan fingerprint density at radius 2 is 1.69 bits per heavy atom. The molecule has 0 aromatic rings. The van der Waals surface area contributed by atoms with Crippen LogP contribution in [0.4, 0.5) is 0 Å². The van der Waals surface area contributed by atoms with Crippen LogP contribution < -0.4 is 5.73 Å². The zero-order chi connectivity index (χ0) is 8.36. The van der Waals surface area contributed by atoms with Gasteiger partial charge in [0.2, 0.25) is 0 Å². The molecular formula is C3H11NNa2O6S. The van der Waals surface area contributed by atoms with Gasteiger partial charge in [-0.05, 0) is 0 Å². The number of hydrogen-bond acceptors (Lipinski definition) is 4. The van der Waals surface area contributed by atoms with Crippen molar-refractivity contribution in [3.63, 3.8) is 0 Å². The van der Waals surface area contributed by atoms with E-state index >= 15 is 0 Å². The molecule has 1 atom stereocenters. The Hall–Kier alpha value is 1.30. The fourth-order valence-electron chi connectivity index (χ4n) is 0.298. The van der Waals surface area contributed by atoms with Crippen LogP contribution in [-0.2, 0) is 14.9 Å². The van der Waals surface area contributed by atoms with Gasteiger partial charge in [-0.25, -0.2) is 0 Å². The van der Waals surface area contributed by atoms with Crippen molar-refractivity contribution in [3.05, 3.63) is 0 Å². The molecule has 0 aliphatic carbocycles. The topological polar surface area (TPSA) is 149 Å². The van der Waals surface area contributed by atoms with Crippen LogP contribution in [0.15, 0.2) is 0 Å². The molecule has 0 radical (unpaired) electrons. The van der Waals surface area contributed by atoms with Crippen LogP contribution in [0.25, 0.3) is 0 Å². The third-order valence-electron chi connectivity index (χ3n) is 0.707. The minimum atomic E-state index is -4.27. The second-order valence-corrected chi connectivity index (χ2v) is 3.19. The first-order chi connectivity index (χ1) is 4.33. The molecule has 13 heavy (non-hydrogen) atoms. The molecule has 0 rings (SSSR count). The fraction of sp³-hybridized carbons (Fsp3) is 0.667. The van der Waals surface area contributed by atoms with Crippen molar-refractivity contribution in [1.82, 2.24) is 0 Å². The number of carboxylic acid groups (broad SMARTS) is 1. The molecule has 0 amide bonds. The molecule has 0 heterocycles. The van der Waals surface area contributed by atoms with Gasteiger partial charge in [0.15, 0.2) is 0 Å². The van der Waals surface area contributed by atoms with Crippen molar-refractivity contribution in [2.24, 2.45) is 5.73 Å². The Kier molecular flexibility index (Phi) is 18.0. The van der Waals surface area contributed by atoms with Gasteiger partial charge in [-0.2, -0.15) is 8.42 Å². The molecule has 0 aliphatic rings. The predicted molar refractivity (Wildman–Crippen MR) is 49.9 cm³/mol. The van der Waals surface area contributed by atoms with Crippen molar-refractivity contribution in [2.75, 3.05) is 5.75 Å². The molecule has 0 aromatic carbocycles. The zero-order valence-electron chi connectivity index (χ0n) is 5.39. The van der Waals surface area contributed by atoms with E-state index in [1.165, 1.54) is 0 Å². The Bertz CT molecular complexity index is 228. The van der Waals surface area contributed by atoms with Crippen LogP contribution in [0.1, 0.15) is 0 Å². The molecule has 0 bridgehead atoms. The molecule has 0 aromatic heterocycles. The molecule has 1 unspecified atom stereocenters. The summed E-state index contributed by atoms with van der Waals surface area (Å²) in [6.45, 7) is 0. The van der Waals surface area contributed by atoms with Crippen molar-refractivity contribution < 1.29 is 28.3 Å². The van der Waals surface area contributed by atoms with E-state index in [1.54, 1.807) is 0 Å². The summed E-state index contributed by atoms with van der Waals surface area (Å²) < 4.78 is 28.0. The number of aliphatic carboxylic acids is 1. The summed E-state index contributed by atoms with van der Waals surface area (Å²) in [6, 6.07) is -1.56. The molecule has 0 fully saturated rings. The molecule has 72 valence electrons. The Labute approximate surface area is 120 Å². The molecule has 0 spiro atoms. The molecule has 0 saturated heterocycles. The van der Waals surface area contributed by atoms with Gasteiger partial charge in [0.25, 0.3) is 10.1 Å². The number of carboxylic acids is 1. The standard InChI is InChI=1S/C3H7NO5S.2Na.H2O.2H/c4-2(3(5)6)1-10(7,8)9;;;;;/h2H,1,4H2,(H,5,6)(H,7,8,9);;;1H2;;. The van der Waals surface area contributed by atoms with Gasteiger partial charge in [-0.3, -0.25) is 9.35 Å². The van der Waals surface area contributed by atoms with E-state index < -0.39 is 27.9 Å². The van der Waals surface area contributed by atoms with Gasteiger partial charge in [-0.1, -0.05) is 0 Å². The predicted octanol–water partition coefficient (Wildman–Crippen LogP) is -3.84. The van der Waals surface area contributed by atoms with Crippen LogP contribution in [0.3, 0.4) is 0 Å². The summed E-state index contributed by atoms with van der Waals surface area (Å²) in [4.78, 5) is 9.88. The Morgan fingerprint density at radius 1 is 1.38 bits per heavy atom. The average Bonchev–Trinajstić information content (AvgIpc) is 1.60. The van der Waals surface area contributed by atoms with E-state index in [-0.39, 0.29) is 64.6 Å². The summed E-state index contributed by atoms with van der Waals surface area (Å²) in [5.41, 5.74) is 4.76. The SMILES string of the molecule is NC(CS(=O)(=O)O)C(=O)O.O.[NaH].[NaH]. The molecule has 0 saturated carbocycles. The molecule has 6 N–H and O–H groups in total. The number of rotatable bonds is 3. The summed E-state index contributed by atoms with van der Waals surface area (Å²) in [7, 11) is -4.27. The Morgan fingerprint density at radius 3 is 1.77 bits per heavy atom. The van der Waals surface area contributed by atoms with Crippen molar-refractivity contribution in [2.45, 2.75) is 6.04 Å². The van der Waals surface area contributed by atoms with Gasteiger partial charge < -0.3 is 16.3 Å². The number of hydrogen-bond donors (Lipinski definition) is 3. The van der Waals surface area contributed by atoms with Crippen LogP contribution in [-0.4, -0.2) is 100 Å². The van der Waals surface area contributed by atoms with Gasteiger partial charge in [0, 0.05) is 0 Å². The maximum atomic E-state index is 9.96. The fourth-order valence-corrected chi connectivity index (χ4v) is 0.895. The molecular weight excluding hydrogens is 224 g/mol. The first-order valence-corrected chi connectivity index (χ1v) is 3.87. The van der Waals surface area contributed by atoms with E-state index in [9.17, 15) is 13.2 Å². The summed E-state index contributed by atoms with van der Waals surface area (Å²) in [6.07, 6.45) is 0. The first kappa shape index (κ1) is 23.8. The molecule has 7 nitrogen and oxygen atoms in total. The zero-order valence-corrected chi connectivity index (χ0v) is 6.21. The van der Waals surface area contributed by atoms with Crippen LogP contribution in [0.2, 0.25) is 0 Å². The quantitative estimate of drug-likeness (QED) is 0.337. The van der Waals surface area contributed by atoms with E-state index in [0.29, 0.717) is 0 Å². The van der Waals surface area contributed by atoms with Crippen LogP contribution >= 0.6 is 0 Å². The molecule has 10 heteroatoms. The van der Waals surface area contributed by atoms with Crippen molar-refractivity contribution >= 4 is 75.2 Å². The summed E-state index contributed by atoms with van der Waals surface area (Å²) in [5, 5.41) is 8.04. The third kappa shape index (κ3) is 16.0. The minimum absolute atomic E-state index is 0. The maximum absolute atomic E-state index is 9.96. The van der Waals surface area contributed by atoms with E-state index in [0.717, 1.165) is 0 Å². The van der Waals surface area contributed by atoms with Crippen LogP contribution in [0, 0.1) is 0 Å². The summed E-state index contributed by atoms with van der Waals surface area (Å²) in [5.74, 6) is -2.42. The van der Waals surface area contributed by atoms with Crippen molar-refractivity contribution in [1.29, 1.82) is 0 Å². The van der Waals surface area contributed by atoms with E-state index in [1.807, 2.05) is 0 Å². The summed E-state index contributed by atoms with van der Waals surface area (Å²) >= 11 is 0. The van der Waals surface area contributed by atoms with Crippen LogP contribution in [0.5, 0.6) is 0 Å². The van der Waals surface area contributed by atoms with Gasteiger partial charge >= 0.3 is 65.1 Å². The normalized spacial score (nSPS) is 11.2. The van der Waals surface area contributed by atoms with Gasteiger partial charge in [-0.15, -0.1) is 0 Å². The average molecular weight is 235 g/mol. The number of nitrogens with two attached hydrogens (primary N) is 1. The Balaban J connectivity index is -0.000000135. The molecule has 0 aliphatic heterocycles. The first-order valence-electron chi connectivity index (χ1n) is 2.26. The third-order valence-corrected chi connectivity index (χ3v) is 1.49.